The zero-order chi connectivity index (χ0) is 18.8. The van der Waals surface area contributed by atoms with Gasteiger partial charge in [0.2, 0.25) is 0 Å². The predicted molar refractivity (Wildman–Crippen MR) is 122 cm³/mol. The lowest BCUT2D eigenvalue weighted by atomic mass is 9.83. The molecular formula is C20H34IN3O3. The van der Waals surface area contributed by atoms with E-state index in [9.17, 15) is 0 Å². The monoisotopic (exact) mass is 491 g/mol. The number of hydrogen-bond acceptors (Lipinski definition) is 4. The molecule has 1 aromatic carbocycles. The first kappa shape index (κ1) is 23.8. The summed E-state index contributed by atoms with van der Waals surface area (Å²) < 4.78 is 16.2. The Labute approximate surface area is 180 Å². The summed E-state index contributed by atoms with van der Waals surface area (Å²) in [7, 11) is 5.06. The second-order valence-electron chi connectivity index (χ2n) is 6.77. The third-order valence-electron chi connectivity index (χ3n) is 5.15. The molecule has 0 atom stereocenters. The van der Waals surface area contributed by atoms with Crippen molar-refractivity contribution in [1.29, 1.82) is 0 Å². The van der Waals surface area contributed by atoms with Gasteiger partial charge in [-0.15, -0.1) is 24.0 Å². The molecule has 0 aliphatic heterocycles. The van der Waals surface area contributed by atoms with Crippen LogP contribution in [0.4, 0.5) is 5.69 Å². The van der Waals surface area contributed by atoms with Gasteiger partial charge in [0.05, 0.1) is 14.2 Å². The largest absolute Gasteiger partial charge is 0.493 e. The Morgan fingerprint density at radius 2 is 1.85 bits per heavy atom. The van der Waals surface area contributed by atoms with Crippen LogP contribution in [0, 0.1) is 5.41 Å². The van der Waals surface area contributed by atoms with Gasteiger partial charge in [0.25, 0.3) is 0 Å². The van der Waals surface area contributed by atoms with Gasteiger partial charge < -0.3 is 24.8 Å². The summed E-state index contributed by atoms with van der Waals surface area (Å²) in [5.41, 5.74) is 1.22. The molecule has 0 saturated heterocycles. The second kappa shape index (κ2) is 12.3. The normalized spacial score (nSPS) is 15.8. The molecule has 154 valence electrons. The number of halogens is 1. The fourth-order valence-corrected chi connectivity index (χ4v) is 3.57. The van der Waals surface area contributed by atoms with Crippen molar-refractivity contribution >= 4 is 35.6 Å². The minimum Gasteiger partial charge on any atom is -0.493 e. The van der Waals surface area contributed by atoms with Crippen molar-refractivity contribution in [3.05, 3.63) is 18.2 Å². The average Bonchev–Trinajstić information content (AvgIpc) is 3.14. The van der Waals surface area contributed by atoms with Crippen LogP contribution in [0.2, 0.25) is 0 Å². The molecule has 0 bridgehead atoms. The highest BCUT2D eigenvalue weighted by atomic mass is 127. The molecule has 2 rings (SSSR count). The second-order valence-corrected chi connectivity index (χ2v) is 6.77. The Balaban J connectivity index is 0.00000364. The zero-order valence-corrected chi connectivity index (χ0v) is 19.3. The molecule has 1 saturated carbocycles. The van der Waals surface area contributed by atoms with E-state index < -0.39 is 0 Å². The van der Waals surface area contributed by atoms with Crippen molar-refractivity contribution < 1.29 is 14.2 Å². The molecule has 0 aromatic heterocycles. The number of nitrogens with one attached hydrogen (secondary N) is 2. The Morgan fingerprint density at radius 3 is 2.44 bits per heavy atom. The number of nitrogens with zero attached hydrogens (tertiary/aromatic N) is 1. The highest BCUT2D eigenvalue weighted by Gasteiger charge is 2.33. The first-order valence-corrected chi connectivity index (χ1v) is 9.44. The molecule has 7 heteroatoms. The maximum Gasteiger partial charge on any atom is 0.195 e. The summed E-state index contributed by atoms with van der Waals surface area (Å²) in [6.45, 7) is 4.58. The fraction of sp³-hybridized carbons (Fsp3) is 0.650. The van der Waals surface area contributed by atoms with Crippen molar-refractivity contribution in [3.63, 3.8) is 0 Å². The fourth-order valence-electron chi connectivity index (χ4n) is 3.57. The third kappa shape index (κ3) is 7.03. The molecule has 0 amide bonds. The summed E-state index contributed by atoms with van der Waals surface area (Å²) in [4.78, 5) is 4.36. The molecule has 1 fully saturated rings. The van der Waals surface area contributed by atoms with E-state index in [1.54, 1.807) is 21.3 Å². The van der Waals surface area contributed by atoms with Gasteiger partial charge in [-0.25, -0.2) is 0 Å². The van der Waals surface area contributed by atoms with E-state index in [2.05, 4.69) is 22.5 Å². The minimum atomic E-state index is 0. The van der Waals surface area contributed by atoms with Crippen LogP contribution in [0.3, 0.4) is 0 Å². The SMILES string of the molecule is CCOCCC1(CNC(=NC)Nc2ccc(OC)c(OC)c2)CCCC1.I. The Bertz CT molecular complexity index is 590. The van der Waals surface area contributed by atoms with E-state index >= 15 is 0 Å². The van der Waals surface area contributed by atoms with Gasteiger partial charge in [-0.2, -0.15) is 0 Å². The van der Waals surface area contributed by atoms with Crippen LogP contribution in [0.1, 0.15) is 39.0 Å². The maximum absolute atomic E-state index is 5.60. The van der Waals surface area contributed by atoms with Gasteiger partial charge in [-0.1, -0.05) is 12.8 Å². The number of rotatable bonds is 9. The Kier molecular flexibility index (Phi) is 10.8. The van der Waals surface area contributed by atoms with Crippen molar-refractivity contribution in [2.45, 2.75) is 39.0 Å². The summed E-state index contributed by atoms with van der Waals surface area (Å²) in [6.07, 6.45) is 6.20. The molecular weight excluding hydrogens is 457 g/mol. The highest BCUT2D eigenvalue weighted by Crippen LogP contribution is 2.40. The average molecular weight is 491 g/mol. The lowest BCUT2D eigenvalue weighted by Crippen LogP contribution is -2.40. The van der Waals surface area contributed by atoms with Crippen molar-refractivity contribution in [1.82, 2.24) is 5.32 Å². The summed E-state index contributed by atoms with van der Waals surface area (Å²) in [6, 6.07) is 5.75. The smallest absolute Gasteiger partial charge is 0.195 e. The number of aliphatic imine (C=N–C) groups is 1. The van der Waals surface area contributed by atoms with Gasteiger partial charge in [0.1, 0.15) is 0 Å². The van der Waals surface area contributed by atoms with E-state index in [0.717, 1.165) is 37.8 Å². The minimum absolute atomic E-state index is 0. The lowest BCUT2D eigenvalue weighted by molar-refractivity contribution is 0.105. The topological polar surface area (TPSA) is 64.1 Å². The molecule has 0 radical (unpaired) electrons. The standard InChI is InChI=1S/C20H33N3O3.HI/c1-5-26-13-12-20(10-6-7-11-20)15-22-19(21-2)23-16-8-9-17(24-3)18(14-16)25-4;/h8-9,14H,5-7,10-13,15H2,1-4H3,(H2,21,22,23);1H. The first-order chi connectivity index (χ1) is 12.7. The Hall–Kier alpha value is -1.22. The molecule has 27 heavy (non-hydrogen) atoms. The number of ether oxygens (including phenoxy) is 3. The molecule has 0 spiro atoms. The van der Waals surface area contributed by atoms with Gasteiger partial charge >= 0.3 is 0 Å². The number of benzene rings is 1. The van der Waals surface area contributed by atoms with E-state index in [1.807, 2.05) is 18.2 Å². The lowest BCUT2D eigenvalue weighted by Gasteiger charge is -2.30. The van der Waals surface area contributed by atoms with Crippen LogP contribution in [0.5, 0.6) is 11.5 Å². The van der Waals surface area contributed by atoms with Gasteiger partial charge in [-0.05, 0) is 43.7 Å². The maximum atomic E-state index is 5.60. The Morgan fingerprint density at radius 1 is 1.15 bits per heavy atom. The number of methoxy groups -OCH3 is 2. The van der Waals surface area contributed by atoms with E-state index in [0.29, 0.717) is 16.9 Å². The quantitative estimate of drug-likeness (QED) is 0.234. The van der Waals surface area contributed by atoms with E-state index in [-0.39, 0.29) is 24.0 Å². The van der Waals surface area contributed by atoms with Crippen molar-refractivity contribution in [3.8, 4) is 11.5 Å². The molecule has 0 unspecified atom stereocenters. The summed E-state index contributed by atoms with van der Waals surface area (Å²) in [5, 5.41) is 6.84. The van der Waals surface area contributed by atoms with Crippen LogP contribution >= 0.6 is 24.0 Å². The van der Waals surface area contributed by atoms with Gasteiger partial charge in [-0.3, -0.25) is 4.99 Å². The number of hydrogen-bond donors (Lipinski definition) is 2. The van der Waals surface area contributed by atoms with Crippen LogP contribution < -0.4 is 20.1 Å². The van der Waals surface area contributed by atoms with Crippen LogP contribution in [-0.2, 0) is 4.74 Å². The molecule has 1 aromatic rings. The highest BCUT2D eigenvalue weighted by molar-refractivity contribution is 14.0. The number of guanidine groups is 1. The van der Waals surface area contributed by atoms with Crippen LogP contribution in [-0.4, -0.2) is 47.0 Å². The molecule has 1 aliphatic carbocycles. The summed E-state index contributed by atoms with van der Waals surface area (Å²) >= 11 is 0. The third-order valence-corrected chi connectivity index (χ3v) is 5.15. The molecule has 1 aliphatic rings. The summed E-state index contributed by atoms with van der Waals surface area (Å²) in [5.74, 6) is 2.17. The number of anilines is 1. The van der Waals surface area contributed by atoms with Crippen molar-refractivity contribution in [2.75, 3.05) is 46.3 Å². The molecule has 6 nitrogen and oxygen atoms in total. The first-order valence-electron chi connectivity index (χ1n) is 9.44. The van der Waals surface area contributed by atoms with Crippen molar-refractivity contribution in [2.24, 2.45) is 10.4 Å². The zero-order valence-electron chi connectivity index (χ0n) is 17.0. The molecule has 0 heterocycles. The van der Waals surface area contributed by atoms with Gasteiger partial charge in [0.15, 0.2) is 17.5 Å². The van der Waals surface area contributed by atoms with Crippen LogP contribution in [0.25, 0.3) is 0 Å². The van der Waals surface area contributed by atoms with E-state index in [1.165, 1.54) is 25.7 Å². The predicted octanol–water partition coefficient (Wildman–Crippen LogP) is 4.30. The van der Waals surface area contributed by atoms with E-state index in [4.69, 9.17) is 14.2 Å². The molecule has 2 N–H and O–H groups in total. The van der Waals surface area contributed by atoms with Gasteiger partial charge in [0, 0.05) is 38.6 Å². The van der Waals surface area contributed by atoms with Crippen LogP contribution in [0.15, 0.2) is 23.2 Å².